The Balaban J connectivity index is 1.57. The molecule has 7 heteroatoms. The van der Waals surface area contributed by atoms with E-state index >= 15 is 0 Å². The van der Waals surface area contributed by atoms with E-state index in [0.717, 1.165) is 42.6 Å². The lowest BCUT2D eigenvalue weighted by Crippen LogP contribution is -2.39. The summed E-state index contributed by atoms with van der Waals surface area (Å²) >= 11 is 1.67. The Morgan fingerprint density at radius 2 is 1.84 bits per heavy atom. The Morgan fingerprint density at radius 1 is 1.12 bits per heavy atom. The van der Waals surface area contributed by atoms with Crippen LogP contribution in [-0.2, 0) is 6.42 Å². The summed E-state index contributed by atoms with van der Waals surface area (Å²) in [5.41, 5.74) is 1.79. The van der Waals surface area contributed by atoms with E-state index in [9.17, 15) is 4.79 Å². The largest absolute Gasteiger partial charge is 0.356 e. The van der Waals surface area contributed by atoms with Crippen LogP contribution in [0.4, 0.5) is 0 Å². The highest BCUT2D eigenvalue weighted by molar-refractivity contribution is 7.09. The third-order valence-electron chi connectivity index (χ3n) is 3.53. The lowest BCUT2D eigenvalue weighted by Gasteiger charge is -2.11. The number of benzene rings is 1. The van der Waals surface area contributed by atoms with Crippen molar-refractivity contribution in [2.45, 2.75) is 19.8 Å². The molecule has 6 nitrogen and oxygen atoms in total. The molecule has 0 fully saturated rings. The fourth-order valence-electron chi connectivity index (χ4n) is 2.24. The second kappa shape index (κ2) is 10.5. The van der Waals surface area contributed by atoms with Crippen molar-refractivity contribution in [3.63, 3.8) is 0 Å². The molecule has 134 valence electrons. The molecule has 0 aliphatic heterocycles. The van der Waals surface area contributed by atoms with Crippen LogP contribution in [0.3, 0.4) is 0 Å². The molecule has 0 unspecified atom stereocenters. The number of carbonyl (C=O) groups is 1. The van der Waals surface area contributed by atoms with Gasteiger partial charge in [0, 0.05) is 44.0 Å². The summed E-state index contributed by atoms with van der Waals surface area (Å²) in [6.07, 6.45) is 1.70. The Hall–Kier alpha value is -2.41. The summed E-state index contributed by atoms with van der Waals surface area (Å²) in [5.74, 6) is 0.725. The minimum Gasteiger partial charge on any atom is -0.356 e. The summed E-state index contributed by atoms with van der Waals surface area (Å²) in [5, 5.41) is 12.6. The SMILES string of the molecule is CN=C(NCCCNC(=O)c1ccccc1)NCCc1csc(C)n1. The predicted octanol–water partition coefficient (Wildman–Crippen LogP) is 1.98. The smallest absolute Gasteiger partial charge is 0.251 e. The quantitative estimate of drug-likeness (QED) is 0.383. The van der Waals surface area contributed by atoms with Crippen LogP contribution in [-0.4, -0.2) is 43.5 Å². The van der Waals surface area contributed by atoms with Gasteiger partial charge in [-0.3, -0.25) is 9.79 Å². The Bertz CT molecular complexity index is 684. The number of aromatic nitrogens is 1. The second-order valence-electron chi connectivity index (χ2n) is 5.51. The van der Waals surface area contributed by atoms with Gasteiger partial charge in [0.15, 0.2) is 5.96 Å². The molecule has 0 bridgehead atoms. The van der Waals surface area contributed by atoms with E-state index in [1.165, 1.54) is 0 Å². The molecule has 0 atom stereocenters. The van der Waals surface area contributed by atoms with Crippen LogP contribution in [0.15, 0.2) is 40.7 Å². The van der Waals surface area contributed by atoms with Gasteiger partial charge in [-0.15, -0.1) is 11.3 Å². The maximum atomic E-state index is 11.9. The molecular formula is C18H25N5OS. The van der Waals surface area contributed by atoms with Crippen molar-refractivity contribution in [2.24, 2.45) is 4.99 Å². The van der Waals surface area contributed by atoms with Gasteiger partial charge in [-0.2, -0.15) is 0 Å². The van der Waals surface area contributed by atoms with Crippen molar-refractivity contribution in [1.29, 1.82) is 0 Å². The van der Waals surface area contributed by atoms with Crippen molar-refractivity contribution < 1.29 is 4.79 Å². The number of guanidine groups is 1. The number of aliphatic imine (C=N–C) groups is 1. The van der Waals surface area contributed by atoms with E-state index in [1.807, 2.05) is 37.3 Å². The van der Waals surface area contributed by atoms with Crippen LogP contribution in [0.1, 0.15) is 27.5 Å². The van der Waals surface area contributed by atoms with Crippen molar-refractivity contribution in [3.8, 4) is 0 Å². The van der Waals surface area contributed by atoms with E-state index in [-0.39, 0.29) is 5.91 Å². The number of hydrogen-bond donors (Lipinski definition) is 3. The molecule has 25 heavy (non-hydrogen) atoms. The third kappa shape index (κ3) is 6.93. The van der Waals surface area contributed by atoms with Gasteiger partial charge in [-0.25, -0.2) is 4.98 Å². The Labute approximate surface area is 152 Å². The Morgan fingerprint density at radius 3 is 2.52 bits per heavy atom. The first-order valence-corrected chi connectivity index (χ1v) is 9.26. The molecule has 0 aliphatic carbocycles. The summed E-state index contributed by atoms with van der Waals surface area (Å²) in [4.78, 5) is 20.5. The number of nitrogens with one attached hydrogen (secondary N) is 3. The zero-order valence-corrected chi connectivity index (χ0v) is 15.5. The maximum absolute atomic E-state index is 11.9. The molecule has 1 aromatic carbocycles. The van der Waals surface area contributed by atoms with Crippen LogP contribution < -0.4 is 16.0 Å². The number of thiazole rings is 1. The average molecular weight is 359 g/mol. The molecule has 0 radical (unpaired) electrons. The molecule has 0 saturated carbocycles. The van der Waals surface area contributed by atoms with Gasteiger partial charge in [0.05, 0.1) is 10.7 Å². The van der Waals surface area contributed by atoms with Crippen molar-refractivity contribution in [3.05, 3.63) is 52.0 Å². The molecule has 0 spiro atoms. The molecule has 1 aromatic heterocycles. The van der Waals surface area contributed by atoms with Crippen LogP contribution in [0.2, 0.25) is 0 Å². The topological polar surface area (TPSA) is 78.4 Å². The minimum atomic E-state index is -0.0401. The van der Waals surface area contributed by atoms with Crippen LogP contribution >= 0.6 is 11.3 Å². The van der Waals surface area contributed by atoms with Crippen LogP contribution in [0, 0.1) is 6.92 Å². The zero-order chi connectivity index (χ0) is 17.9. The van der Waals surface area contributed by atoms with Gasteiger partial charge in [0.1, 0.15) is 0 Å². The number of aryl methyl sites for hydroxylation is 1. The monoisotopic (exact) mass is 359 g/mol. The number of hydrogen-bond acceptors (Lipinski definition) is 4. The molecule has 1 amide bonds. The summed E-state index contributed by atoms with van der Waals surface area (Å²) in [6.45, 7) is 4.16. The standard InChI is InChI=1S/C18H25N5OS/c1-14-23-16(13-25-14)9-12-22-18(19-2)21-11-6-10-20-17(24)15-7-4-3-5-8-15/h3-5,7-8,13H,6,9-12H2,1-2H3,(H,20,24)(H2,19,21,22). The number of amides is 1. The second-order valence-corrected chi connectivity index (χ2v) is 6.57. The summed E-state index contributed by atoms with van der Waals surface area (Å²) in [7, 11) is 1.75. The first-order chi connectivity index (χ1) is 12.2. The van der Waals surface area contributed by atoms with E-state index in [0.29, 0.717) is 12.1 Å². The van der Waals surface area contributed by atoms with E-state index in [1.54, 1.807) is 18.4 Å². The normalized spacial score (nSPS) is 11.2. The van der Waals surface area contributed by atoms with Crippen molar-refractivity contribution in [1.82, 2.24) is 20.9 Å². The molecule has 2 aromatic rings. The fraction of sp³-hybridized carbons (Fsp3) is 0.389. The minimum absolute atomic E-state index is 0.0401. The van der Waals surface area contributed by atoms with Gasteiger partial charge in [-0.05, 0) is 25.5 Å². The summed E-state index contributed by atoms with van der Waals surface area (Å²) in [6, 6.07) is 9.24. The lowest BCUT2D eigenvalue weighted by molar-refractivity contribution is 0.0953. The van der Waals surface area contributed by atoms with Gasteiger partial charge in [0.2, 0.25) is 0 Å². The number of rotatable bonds is 8. The molecule has 0 aliphatic rings. The number of nitrogens with zero attached hydrogens (tertiary/aromatic N) is 2. The summed E-state index contributed by atoms with van der Waals surface area (Å²) < 4.78 is 0. The predicted molar refractivity (Wildman–Crippen MR) is 103 cm³/mol. The highest BCUT2D eigenvalue weighted by atomic mass is 32.1. The first-order valence-electron chi connectivity index (χ1n) is 8.38. The fourth-order valence-corrected chi connectivity index (χ4v) is 2.89. The van der Waals surface area contributed by atoms with Gasteiger partial charge in [-0.1, -0.05) is 18.2 Å². The van der Waals surface area contributed by atoms with Crippen LogP contribution in [0.5, 0.6) is 0 Å². The highest BCUT2D eigenvalue weighted by Gasteiger charge is 2.03. The molecular weight excluding hydrogens is 334 g/mol. The van der Waals surface area contributed by atoms with E-state index in [4.69, 9.17) is 0 Å². The first kappa shape index (κ1) is 18.9. The van der Waals surface area contributed by atoms with Crippen molar-refractivity contribution >= 4 is 23.2 Å². The van der Waals surface area contributed by atoms with E-state index < -0.39 is 0 Å². The van der Waals surface area contributed by atoms with E-state index in [2.05, 4.69) is 31.3 Å². The lowest BCUT2D eigenvalue weighted by atomic mass is 10.2. The highest BCUT2D eigenvalue weighted by Crippen LogP contribution is 2.07. The molecule has 1 heterocycles. The van der Waals surface area contributed by atoms with Crippen molar-refractivity contribution in [2.75, 3.05) is 26.7 Å². The third-order valence-corrected chi connectivity index (χ3v) is 4.35. The zero-order valence-electron chi connectivity index (χ0n) is 14.7. The van der Waals surface area contributed by atoms with Gasteiger partial charge >= 0.3 is 0 Å². The average Bonchev–Trinajstić information content (AvgIpc) is 3.05. The molecule has 2 rings (SSSR count). The Kier molecular flexibility index (Phi) is 7.91. The van der Waals surface area contributed by atoms with Gasteiger partial charge in [0.25, 0.3) is 5.91 Å². The van der Waals surface area contributed by atoms with Gasteiger partial charge < -0.3 is 16.0 Å². The molecule has 3 N–H and O–H groups in total. The van der Waals surface area contributed by atoms with Crippen LogP contribution in [0.25, 0.3) is 0 Å². The maximum Gasteiger partial charge on any atom is 0.251 e. The number of carbonyl (C=O) groups excluding carboxylic acids is 1. The molecule has 0 saturated heterocycles.